The molecule has 0 aromatic heterocycles. The lowest BCUT2D eigenvalue weighted by Crippen LogP contribution is -1.93. The molecule has 0 saturated carbocycles. The van der Waals surface area contributed by atoms with E-state index in [9.17, 15) is 0 Å². The van der Waals surface area contributed by atoms with E-state index in [0.29, 0.717) is 11.7 Å². The van der Waals surface area contributed by atoms with Crippen LogP contribution in [0, 0.1) is 11.3 Å². The third-order valence-corrected chi connectivity index (χ3v) is 3.12. The number of allylic oxidation sites excluding steroid dienone is 1. The smallest absolute Gasteiger partial charge is 0.0633 e. The van der Waals surface area contributed by atoms with Crippen LogP contribution >= 0.6 is 27.7 Å². The van der Waals surface area contributed by atoms with Gasteiger partial charge in [0.1, 0.15) is 0 Å². The van der Waals surface area contributed by atoms with Gasteiger partial charge < -0.3 is 0 Å². The van der Waals surface area contributed by atoms with Crippen molar-refractivity contribution in [1.29, 1.82) is 5.26 Å². The highest BCUT2D eigenvalue weighted by Crippen LogP contribution is 2.34. The lowest BCUT2D eigenvalue weighted by molar-refractivity contribution is 0.909. The molecule has 0 radical (unpaired) electrons. The van der Waals surface area contributed by atoms with E-state index < -0.39 is 0 Å². The Morgan fingerprint density at radius 3 is 3.22 bits per heavy atom. The maximum Gasteiger partial charge on any atom is 0.0633 e. The first-order valence-electron chi connectivity index (χ1n) is 2.70. The van der Waals surface area contributed by atoms with Crippen molar-refractivity contribution >= 4 is 27.7 Å². The fourth-order valence-corrected chi connectivity index (χ4v) is 2.52. The van der Waals surface area contributed by atoms with Crippen molar-refractivity contribution in [3.05, 3.63) is 9.89 Å². The van der Waals surface area contributed by atoms with Crippen molar-refractivity contribution in [3.63, 3.8) is 0 Å². The summed E-state index contributed by atoms with van der Waals surface area (Å²) in [5.74, 6) is 0. The molecule has 48 valence electrons. The molecule has 0 saturated heterocycles. The second kappa shape index (κ2) is 3.28. The Morgan fingerprint density at radius 2 is 2.78 bits per heavy atom. The van der Waals surface area contributed by atoms with Gasteiger partial charge in [-0.05, 0) is 11.8 Å². The summed E-state index contributed by atoms with van der Waals surface area (Å²) in [6.45, 7) is 0. The van der Waals surface area contributed by atoms with E-state index in [0.717, 1.165) is 6.42 Å². The number of hydrogen-bond acceptors (Lipinski definition) is 2. The minimum absolute atomic E-state index is 0.504. The monoisotopic (exact) mass is 203 g/mol. The van der Waals surface area contributed by atoms with Gasteiger partial charge in [0.05, 0.1) is 6.07 Å². The summed E-state index contributed by atoms with van der Waals surface area (Å²) in [4.78, 5) is 0. The first-order chi connectivity index (χ1) is 4.33. The van der Waals surface area contributed by atoms with Crippen LogP contribution in [0.4, 0.5) is 0 Å². The zero-order valence-corrected chi connectivity index (χ0v) is 7.20. The summed E-state index contributed by atoms with van der Waals surface area (Å²) in [5.41, 5.74) is 0. The minimum Gasteiger partial charge on any atom is -0.198 e. The maximum atomic E-state index is 8.31. The first-order valence-corrected chi connectivity index (χ1v) is 4.43. The molecule has 1 heterocycles. The molecule has 1 unspecified atom stereocenters. The summed E-state index contributed by atoms with van der Waals surface area (Å²) in [6.07, 6.45) is 1.69. The predicted molar refractivity (Wildman–Crippen MR) is 43.2 cm³/mol. The Labute approximate surface area is 67.3 Å². The highest BCUT2D eigenvalue weighted by atomic mass is 79.9. The zero-order valence-electron chi connectivity index (χ0n) is 4.80. The van der Waals surface area contributed by atoms with Gasteiger partial charge >= 0.3 is 0 Å². The van der Waals surface area contributed by atoms with Gasteiger partial charge in [-0.25, -0.2) is 0 Å². The highest BCUT2D eigenvalue weighted by Gasteiger charge is 2.14. The number of rotatable bonds is 1. The molecule has 1 atom stereocenters. The molecule has 0 aromatic carbocycles. The van der Waals surface area contributed by atoms with Crippen LogP contribution in [0.1, 0.15) is 12.8 Å². The summed E-state index contributed by atoms with van der Waals surface area (Å²) < 4.78 is 1.23. The first kappa shape index (κ1) is 7.17. The highest BCUT2D eigenvalue weighted by molar-refractivity contribution is 9.11. The zero-order chi connectivity index (χ0) is 6.69. The average molecular weight is 204 g/mol. The Bertz CT molecular complexity index is 170. The summed E-state index contributed by atoms with van der Waals surface area (Å²) in [6, 6.07) is 2.16. The Balaban J connectivity index is 2.31. The number of halogens is 1. The van der Waals surface area contributed by atoms with Gasteiger partial charge in [-0.15, -0.1) is 11.8 Å². The topological polar surface area (TPSA) is 23.8 Å². The summed E-state index contributed by atoms with van der Waals surface area (Å²) >= 11 is 5.12. The third-order valence-electron chi connectivity index (χ3n) is 1.13. The molecule has 0 fully saturated rings. The van der Waals surface area contributed by atoms with Crippen LogP contribution < -0.4 is 0 Å². The summed E-state index contributed by atoms with van der Waals surface area (Å²) in [5, 5.41) is 10.9. The van der Waals surface area contributed by atoms with Gasteiger partial charge in [-0.3, -0.25) is 0 Å². The van der Waals surface area contributed by atoms with Crippen LogP contribution in [0.15, 0.2) is 9.89 Å². The van der Waals surface area contributed by atoms with E-state index in [4.69, 9.17) is 5.26 Å². The molecule has 0 bridgehead atoms. The lowest BCUT2D eigenvalue weighted by atomic mass is 10.2. The van der Waals surface area contributed by atoms with Crippen LogP contribution in [0.3, 0.4) is 0 Å². The van der Waals surface area contributed by atoms with E-state index in [1.165, 1.54) is 4.48 Å². The van der Waals surface area contributed by atoms with Gasteiger partial charge in [0.15, 0.2) is 0 Å². The Hall–Kier alpha value is 0.0600. The molecule has 1 aliphatic heterocycles. The quantitative estimate of drug-likeness (QED) is 0.655. The lowest BCUT2D eigenvalue weighted by Gasteiger charge is -1.98. The second-order valence-corrected chi connectivity index (χ2v) is 4.08. The van der Waals surface area contributed by atoms with Crippen LogP contribution in [-0.2, 0) is 0 Å². The number of nitriles is 1. The van der Waals surface area contributed by atoms with Crippen LogP contribution in [0.5, 0.6) is 0 Å². The average Bonchev–Trinajstić information content (AvgIpc) is 2.17. The molecule has 0 amide bonds. The molecular formula is C6H6BrNS. The van der Waals surface area contributed by atoms with Gasteiger partial charge in [-0.2, -0.15) is 5.26 Å². The molecule has 1 nitrogen and oxygen atoms in total. The van der Waals surface area contributed by atoms with Crippen LogP contribution in [-0.4, -0.2) is 5.25 Å². The fourth-order valence-electron chi connectivity index (χ4n) is 0.706. The summed E-state index contributed by atoms with van der Waals surface area (Å²) in [7, 11) is 0. The van der Waals surface area contributed by atoms with E-state index in [-0.39, 0.29) is 0 Å². The SMILES string of the molecule is N#CCC1CC(Br)=CS1. The molecule has 0 spiro atoms. The number of thioether (sulfide) groups is 1. The van der Waals surface area contributed by atoms with Crippen molar-refractivity contribution in [1.82, 2.24) is 0 Å². The van der Waals surface area contributed by atoms with E-state index in [1.54, 1.807) is 11.8 Å². The molecular weight excluding hydrogens is 198 g/mol. The molecule has 0 N–H and O–H groups in total. The van der Waals surface area contributed by atoms with Gasteiger partial charge in [0.25, 0.3) is 0 Å². The van der Waals surface area contributed by atoms with Crippen molar-refractivity contribution < 1.29 is 0 Å². The number of nitrogens with zero attached hydrogens (tertiary/aromatic N) is 1. The predicted octanol–water partition coefficient (Wildman–Crippen LogP) is 2.64. The molecule has 0 aromatic rings. The fraction of sp³-hybridized carbons (Fsp3) is 0.500. The largest absolute Gasteiger partial charge is 0.198 e. The standard InChI is InChI=1S/C6H6BrNS/c7-5-3-6(1-2-8)9-4-5/h4,6H,1,3H2. The van der Waals surface area contributed by atoms with Crippen molar-refractivity contribution in [2.45, 2.75) is 18.1 Å². The van der Waals surface area contributed by atoms with Gasteiger partial charge in [-0.1, -0.05) is 15.9 Å². The van der Waals surface area contributed by atoms with Gasteiger partial charge in [0.2, 0.25) is 0 Å². The van der Waals surface area contributed by atoms with Crippen molar-refractivity contribution in [2.75, 3.05) is 0 Å². The normalized spacial score (nSPS) is 25.3. The number of hydrogen-bond donors (Lipinski definition) is 0. The van der Waals surface area contributed by atoms with E-state index in [1.807, 2.05) is 0 Å². The van der Waals surface area contributed by atoms with E-state index in [2.05, 4.69) is 27.4 Å². The third kappa shape index (κ3) is 2.04. The second-order valence-electron chi connectivity index (χ2n) is 1.89. The molecule has 9 heavy (non-hydrogen) atoms. The maximum absolute atomic E-state index is 8.31. The van der Waals surface area contributed by atoms with E-state index >= 15 is 0 Å². The molecule has 1 rings (SSSR count). The minimum atomic E-state index is 0.504. The van der Waals surface area contributed by atoms with Crippen molar-refractivity contribution in [2.24, 2.45) is 0 Å². The molecule has 1 aliphatic rings. The molecule has 3 heteroatoms. The molecule has 0 aliphatic carbocycles. The Kier molecular flexibility index (Phi) is 2.62. The van der Waals surface area contributed by atoms with Crippen LogP contribution in [0.25, 0.3) is 0 Å². The van der Waals surface area contributed by atoms with Crippen molar-refractivity contribution in [3.8, 4) is 6.07 Å². The van der Waals surface area contributed by atoms with Crippen LogP contribution in [0.2, 0.25) is 0 Å². The van der Waals surface area contributed by atoms with Gasteiger partial charge in [0, 0.05) is 16.2 Å². The Morgan fingerprint density at radius 1 is 2.00 bits per heavy atom.